The minimum Gasteiger partial charge on any atom is -0.507 e. The van der Waals surface area contributed by atoms with Gasteiger partial charge < -0.3 is 5.11 Å². The SMILES string of the molecule is Cc1cccc(CSc2ccc(O)c3ccccc23)c1. The lowest BCUT2D eigenvalue weighted by atomic mass is 10.1. The number of hydrogen-bond acceptors (Lipinski definition) is 2. The van der Waals surface area contributed by atoms with Crippen molar-refractivity contribution in [3.63, 3.8) is 0 Å². The van der Waals surface area contributed by atoms with Crippen molar-refractivity contribution in [1.29, 1.82) is 0 Å². The highest BCUT2D eigenvalue weighted by Crippen LogP contribution is 2.34. The molecule has 3 aromatic carbocycles. The van der Waals surface area contributed by atoms with Gasteiger partial charge in [-0.2, -0.15) is 0 Å². The van der Waals surface area contributed by atoms with Crippen molar-refractivity contribution in [3.05, 3.63) is 71.8 Å². The minimum atomic E-state index is 0.348. The van der Waals surface area contributed by atoms with E-state index in [2.05, 4.69) is 37.3 Å². The number of aryl methyl sites for hydroxylation is 1. The van der Waals surface area contributed by atoms with Crippen LogP contribution in [-0.2, 0) is 5.75 Å². The predicted molar refractivity (Wildman–Crippen MR) is 86.4 cm³/mol. The van der Waals surface area contributed by atoms with Gasteiger partial charge in [-0.25, -0.2) is 0 Å². The fourth-order valence-electron chi connectivity index (χ4n) is 2.34. The molecule has 0 spiro atoms. The molecule has 0 heterocycles. The van der Waals surface area contributed by atoms with E-state index in [4.69, 9.17) is 0 Å². The summed E-state index contributed by atoms with van der Waals surface area (Å²) in [6, 6.07) is 20.4. The molecule has 0 aliphatic carbocycles. The Morgan fingerprint density at radius 3 is 2.50 bits per heavy atom. The van der Waals surface area contributed by atoms with E-state index in [9.17, 15) is 5.11 Å². The lowest BCUT2D eigenvalue weighted by molar-refractivity contribution is 0.481. The van der Waals surface area contributed by atoms with Crippen LogP contribution in [0, 0.1) is 6.92 Å². The summed E-state index contributed by atoms with van der Waals surface area (Å²) in [5.74, 6) is 1.29. The second kappa shape index (κ2) is 5.59. The first kappa shape index (κ1) is 13.1. The molecule has 0 atom stereocenters. The Balaban J connectivity index is 1.90. The summed E-state index contributed by atoms with van der Waals surface area (Å²) >= 11 is 1.81. The summed E-state index contributed by atoms with van der Waals surface area (Å²) in [7, 11) is 0. The summed E-state index contributed by atoms with van der Waals surface area (Å²) in [6.45, 7) is 2.12. The van der Waals surface area contributed by atoms with Gasteiger partial charge in [-0.3, -0.25) is 0 Å². The van der Waals surface area contributed by atoms with Gasteiger partial charge in [0.1, 0.15) is 5.75 Å². The van der Waals surface area contributed by atoms with Crippen LogP contribution < -0.4 is 0 Å². The fraction of sp³-hybridized carbons (Fsp3) is 0.111. The highest BCUT2D eigenvalue weighted by molar-refractivity contribution is 7.98. The molecule has 2 heteroatoms. The number of fused-ring (bicyclic) bond motifs is 1. The maximum atomic E-state index is 9.91. The predicted octanol–water partition coefficient (Wildman–Crippen LogP) is 5.15. The zero-order valence-corrected chi connectivity index (χ0v) is 12.2. The van der Waals surface area contributed by atoms with E-state index < -0.39 is 0 Å². The zero-order valence-electron chi connectivity index (χ0n) is 11.3. The van der Waals surface area contributed by atoms with E-state index in [-0.39, 0.29) is 0 Å². The number of phenolic OH excluding ortho intramolecular Hbond substituents is 1. The lowest BCUT2D eigenvalue weighted by Crippen LogP contribution is -1.83. The number of thioether (sulfide) groups is 1. The highest BCUT2D eigenvalue weighted by Gasteiger charge is 2.05. The third kappa shape index (κ3) is 2.66. The topological polar surface area (TPSA) is 20.2 Å². The summed E-state index contributed by atoms with van der Waals surface area (Å²) in [6.07, 6.45) is 0. The minimum absolute atomic E-state index is 0.348. The zero-order chi connectivity index (χ0) is 13.9. The van der Waals surface area contributed by atoms with Crippen molar-refractivity contribution in [2.75, 3.05) is 0 Å². The van der Waals surface area contributed by atoms with Gasteiger partial charge in [0.15, 0.2) is 0 Å². The molecule has 0 amide bonds. The number of benzene rings is 3. The van der Waals surface area contributed by atoms with E-state index in [1.807, 2.05) is 36.0 Å². The first-order valence-corrected chi connectivity index (χ1v) is 7.61. The normalized spacial score (nSPS) is 10.8. The highest BCUT2D eigenvalue weighted by atomic mass is 32.2. The van der Waals surface area contributed by atoms with Gasteiger partial charge in [-0.05, 0) is 30.0 Å². The molecule has 3 aromatic rings. The van der Waals surface area contributed by atoms with Gasteiger partial charge in [0, 0.05) is 16.0 Å². The van der Waals surface area contributed by atoms with E-state index in [0.29, 0.717) is 5.75 Å². The van der Waals surface area contributed by atoms with Crippen LogP contribution in [0.2, 0.25) is 0 Å². The van der Waals surface area contributed by atoms with Gasteiger partial charge >= 0.3 is 0 Å². The van der Waals surface area contributed by atoms with Crippen molar-refractivity contribution in [2.24, 2.45) is 0 Å². The van der Waals surface area contributed by atoms with Crippen molar-refractivity contribution >= 4 is 22.5 Å². The molecule has 0 bridgehead atoms. The van der Waals surface area contributed by atoms with Crippen LogP contribution in [0.3, 0.4) is 0 Å². The molecule has 0 saturated heterocycles. The average molecular weight is 280 g/mol. The van der Waals surface area contributed by atoms with Crippen molar-refractivity contribution in [2.45, 2.75) is 17.6 Å². The molecule has 3 rings (SSSR count). The van der Waals surface area contributed by atoms with Gasteiger partial charge in [0.2, 0.25) is 0 Å². The first-order chi connectivity index (χ1) is 9.74. The second-order valence-corrected chi connectivity index (χ2v) is 5.92. The third-order valence-corrected chi connectivity index (χ3v) is 4.48. The molecule has 20 heavy (non-hydrogen) atoms. The second-order valence-electron chi connectivity index (χ2n) is 4.91. The van der Waals surface area contributed by atoms with E-state index in [1.165, 1.54) is 16.0 Å². The monoisotopic (exact) mass is 280 g/mol. The van der Waals surface area contributed by atoms with Crippen LogP contribution in [0.4, 0.5) is 0 Å². The summed E-state index contributed by atoms with van der Waals surface area (Å²) in [5.41, 5.74) is 2.62. The largest absolute Gasteiger partial charge is 0.507 e. The quantitative estimate of drug-likeness (QED) is 0.670. The van der Waals surface area contributed by atoms with Crippen LogP contribution in [0.5, 0.6) is 5.75 Å². The summed E-state index contributed by atoms with van der Waals surface area (Å²) < 4.78 is 0. The third-order valence-electron chi connectivity index (χ3n) is 3.34. The molecule has 1 nitrogen and oxygen atoms in total. The number of hydrogen-bond donors (Lipinski definition) is 1. The maximum Gasteiger partial charge on any atom is 0.123 e. The molecule has 0 aromatic heterocycles. The van der Waals surface area contributed by atoms with Crippen molar-refractivity contribution in [1.82, 2.24) is 0 Å². The average Bonchev–Trinajstić information content (AvgIpc) is 2.47. The molecule has 0 aliphatic rings. The molecule has 0 fully saturated rings. The van der Waals surface area contributed by atoms with Crippen LogP contribution in [0.25, 0.3) is 10.8 Å². The molecule has 0 unspecified atom stereocenters. The van der Waals surface area contributed by atoms with Crippen LogP contribution in [-0.4, -0.2) is 5.11 Å². The molecule has 0 saturated carbocycles. The standard InChI is InChI=1S/C18H16OS/c1-13-5-4-6-14(11-13)12-20-18-10-9-17(19)15-7-2-3-8-16(15)18/h2-11,19H,12H2,1H3. The van der Waals surface area contributed by atoms with E-state index >= 15 is 0 Å². The summed E-state index contributed by atoms with van der Waals surface area (Å²) in [4.78, 5) is 1.21. The molecule has 100 valence electrons. The lowest BCUT2D eigenvalue weighted by Gasteiger charge is -2.08. The molecular formula is C18H16OS. The summed E-state index contributed by atoms with van der Waals surface area (Å²) in [5, 5.41) is 11.9. The van der Waals surface area contributed by atoms with Gasteiger partial charge in [-0.15, -0.1) is 11.8 Å². The Kier molecular flexibility index (Phi) is 3.66. The maximum absolute atomic E-state index is 9.91. The molecule has 0 radical (unpaired) electrons. The Bertz CT molecular complexity index is 749. The molecule has 0 aliphatic heterocycles. The smallest absolute Gasteiger partial charge is 0.123 e. The van der Waals surface area contributed by atoms with Gasteiger partial charge in [0.05, 0.1) is 0 Å². The Labute approximate surface area is 123 Å². The van der Waals surface area contributed by atoms with Crippen molar-refractivity contribution in [3.8, 4) is 5.75 Å². The van der Waals surface area contributed by atoms with E-state index in [1.54, 1.807) is 6.07 Å². The number of aromatic hydroxyl groups is 1. The van der Waals surface area contributed by atoms with Gasteiger partial charge in [-0.1, -0.05) is 54.1 Å². The molecular weight excluding hydrogens is 264 g/mol. The fourth-order valence-corrected chi connectivity index (χ4v) is 3.34. The van der Waals surface area contributed by atoms with Crippen LogP contribution in [0.15, 0.2) is 65.6 Å². The number of phenols is 1. The Morgan fingerprint density at radius 1 is 0.900 bits per heavy atom. The Morgan fingerprint density at radius 2 is 1.70 bits per heavy atom. The van der Waals surface area contributed by atoms with Crippen molar-refractivity contribution < 1.29 is 5.11 Å². The molecule has 1 N–H and O–H groups in total. The number of rotatable bonds is 3. The van der Waals surface area contributed by atoms with Crippen LogP contribution >= 0.6 is 11.8 Å². The van der Waals surface area contributed by atoms with Crippen LogP contribution in [0.1, 0.15) is 11.1 Å². The first-order valence-electron chi connectivity index (χ1n) is 6.63. The van der Waals surface area contributed by atoms with Gasteiger partial charge in [0.25, 0.3) is 0 Å². The Hall–Kier alpha value is -1.93. The van der Waals surface area contributed by atoms with E-state index in [0.717, 1.165) is 16.5 Å².